The van der Waals surface area contributed by atoms with Crippen LogP contribution in [0.5, 0.6) is 0 Å². The molecule has 0 amide bonds. The molecule has 0 aliphatic heterocycles. The van der Waals surface area contributed by atoms with Crippen molar-refractivity contribution in [2.24, 2.45) is 0 Å². The van der Waals surface area contributed by atoms with Crippen LogP contribution in [0.1, 0.15) is 45.9 Å². The third kappa shape index (κ3) is 3.11. The van der Waals surface area contributed by atoms with E-state index in [1.54, 1.807) is 11.3 Å². The van der Waals surface area contributed by atoms with Crippen LogP contribution in [0.15, 0.2) is 17.5 Å². The summed E-state index contributed by atoms with van der Waals surface area (Å²) in [7, 11) is 2.00. The van der Waals surface area contributed by atoms with Crippen LogP contribution in [-0.4, -0.2) is 29.1 Å². The summed E-state index contributed by atoms with van der Waals surface area (Å²) in [6.07, 6.45) is 3.09. The van der Waals surface area contributed by atoms with E-state index in [4.69, 9.17) is 0 Å². The third-order valence-corrected chi connectivity index (χ3v) is 5.89. The van der Waals surface area contributed by atoms with Crippen molar-refractivity contribution in [1.82, 2.24) is 4.98 Å². The highest BCUT2D eigenvalue weighted by Crippen LogP contribution is 2.44. The zero-order chi connectivity index (χ0) is 15.0. The summed E-state index contributed by atoms with van der Waals surface area (Å²) in [6.45, 7) is 2.15. The van der Waals surface area contributed by atoms with Gasteiger partial charge < -0.3 is 10.0 Å². The van der Waals surface area contributed by atoms with Crippen molar-refractivity contribution in [3.05, 3.63) is 33.0 Å². The van der Waals surface area contributed by atoms with E-state index in [0.717, 1.165) is 30.1 Å². The number of nitrogens with zero attached hydrogens (tertiary/aromatic N) is 2. The van der Waals surface area contributed by atoms with Crippen LogP contribution >= 0.6 is 22.7 Å². The van der Waals surface area contributed by atoms with E-state index in [9.17, 15) is 9.90 Å². The highest BCUT2D eigenvalue weighted by atomic mass is 32.1. The van der Waals surface area contributed by atoms with Crippen molar-refractivity contribution in [3.8, 4) is 0 Å². The van der Waals surface area contributed by atoms with Gasteiger partial charge in [-0.15, -0.1) is 11.3 Å². The smallest absolute Gasteiger partial charge is 0.347 e. The number of carboxylic acids is 1. The molecule has 1 aliphatic rings. The van der Waals surface area contributed by atoms with Crippen LogP contribution in [0.3, 0.4) is 0 Å². The van der Waals surface area contributed by atoms with Crippen molar-refractivity contribution >= 4 is 33.8 Å². The number of carboxylic acid groups (broad SMARTS) is 1. The molecule has 0 aromatic carbocycles. The molecule has 1 unspecified atom stereocenters. The first-order valence-corrected chi connectivity index (χ1v) is 8.75. The molecule has 6 heteroatoms. The molecule has 1 atom stereocenters. The fraction of sp³-hybridized carbons (Fsp3) is 0.467. The van der Waals surface area contributed by atoms with Gasteiger partial charge >= 0.3 is 5.97 Å². The number of likely N-dealkylation sites (N-methyl/N-ethyl adjacent to an activating group) is 1. The Morgan fingerprint density at radius 3 is 2.90 bits per heavy atom. The van der Waals surface area contributed by atoms with Crippen molar-refractivity contribution in [3.63, 3.8) is 0 Å². The average molecular weight is 322 g/mol. The molecule has 0 radical (unpaired) electrons. The van der Waals surface area contributed by atoms with Crippen LogP contribution in [0.4, 0.5) is 5.13 Å². The Morgan fingerprint density at radius 1 is 1.57 bits per heavy atom. The topological polar surface area (TPSA) is 53.4 Å². The lowest BCUT2D eigenvalue weighted by molar-refractivity contribution is 0.0700. The number of thiazole rings is 1. The zero-order valence-corrected chi connectivity index (χ0v) is 13.7. The van der Waals surface area contributed by atoms with Gasteiger partial charge in [0.15, 0.2) is 5.13 Å². The lowest BCUT2D eigenvalue weighted by Gasteiger charge is -2.23. The monoisotopic (exact) mass is 322 g/mol. The number of rotatable bonds is 6. The number of carbonyl (C=O) groups is 1. The number of hydrogen-bond donors (Lipinski definition) is 1. The predicted molar refractivity (Wildman–Crippen MR) is 86.9 cm³/mol. The molecule has 2 aromatic rings. The van der Waals surface area contributed by atoms with E-state index < -0.39 is 5.97 Å². The minimum Gasteiger partial charge on any atom is -0.477 e. The second kappa shape index (κ2) is 5.77. The Hall–Kier alpha value is -1.40. The van der Waals surface area contributed by atoms with Crippen molar-refractivity contribution in [1.29, 1.82) is 0 Å². The number of thiophene rings is 1. The van der Waals surface area contributed by atoms with Gasteiger partial charge in [0, 0.05) is 30.3 Å². The Morgan fingerprint density at radius 2 is 2.33 bits per heavy atom. The molecule has 3 rings (SSSR count). The first-order valence-electron chi connectivity index (χ1n) is 7.05. The molecule has 1 fully saturated rings. The summed E-state index contributed by atoms with van der Waals surface area (Å²) < 4.78 is 0. The largest absolute Gasteiger partial charge is 0.477 e. The summed E-state index contributed by atoms with van der Waals surface area (Å²) in [4.78, 5) is 19.8. The van der Waals surface area contributed by atoms with Gasteiger partial charge in [0.25, 0.3) is 0 Å². The lowest BCUT2D eigenvalue weighted by Crippen LogP contribution is -2.30. The number of aromatic carboxylic acids is 1. The maximum atomic E-state index is 11.4. The van der Waals surface area contributed by atoms with Gasteiger partial charge in [-0.2, -0.15) is 0 Å². The Bertz CT molecular complexity index is 632. The minimum atomic E-state index is -0.847. The number of anilines is 1. The highest BCUT2D eigenvalue weighted by molar-refractivity contribution is 7.17. The van der Waals surface area contributed by atoms with E-state index in [1.807, 2.05) is 7.05 Å². The molecule has 1 saturated carbocycles. The first kappa shape index (κ1) is 14.5. The quantitative estimate of drug-likeness (QED) is 0.878. The van der Waals surface area contributed by atoms with Gasteiger partial charge in [0.2, 0.25) is 0 Å². The molecule has 0 saturated heterocycles. The Kier molecular flexibility index (Phi) is 3.99. The van der Waals surface area contributed by atoms with Crippen molar-refractivity contribution in [2.75, 3.05) is 11.9 Å². The lowest BCUT2D eigenvalue weighted by atomic mass is 10.2. The molecule has 21 heavy (non-hydrogen) atoms. The summed E-state index contributed by atoms with van der Waals surface area (Å²) in [6, 6.07) is 4.49. The van der Waals surface area contributed by atoms with Crippen LogP contribution < -0.4 is 4.90 Å². The van der Waals surface area contributed by atoms with E-state index in [1.165, 1.54) is 16.2 Å². The standard InChI is InChI=1S/C15H18N2O2S2/c1-9(8-11-4-3-7-20-11)17(2)15-16-12(10-5-6-10)13(21-15)14(18)19/h3-4,7,9-10H,5-6,8H2,1-2H3,(H,18,19). The SMILES string of the molecule is CC(Cc1cccs1)N(C)c1nc(C2CC2)c(C(=O)O)s1. The van der Waals surface area contributed by atoms with Gasteiger partial charge in [-0.3, -0.25) is 0 Å². The van der Waals surface area contributed by atoms with Gasteiger partial charge in [0.05, 0.1) is 5.69 Å². The fourth-order valence-electron chi connectivity index (χ4n) is 2.30. The third-order valence-electron chi connectivity index (χ3n) is 3.84. The van der Waals surface area contributed by atoms with Crippen molar-refractivity contribution in [2.45, 2.75) is 38.1 Å². The van der Waals surface area contributed by atoms with Crippen LogP contribution in [-0.2, 0) is 6.42 Å². The molecule has 0 bridgehead atoms. The normalized spacial score (nSPS) is 15.9. The van der Waals surface area contributed by atoms with Crippen LogP contribution in [0.2, 0.25) is 0 Å². The van der Waals surface area contributed by atoms with Crippen LogP contribution in [0.25, 0.3) is 0 Å². The molecule has 1 N–H and O–H groups in total. The molecule has 112 valence electrons. The summed E-state index contributed by atoms with van der Waals surface area (Å²) in [5, 5.41) is 12.2. The van der Waals surface area contributed by atoms with E-state index in [2.05, 4.69) is 34.3 Å². The van der Waals surface area contributed by atoms with Crippen LogP contribution in [0, 0.1) is 0 Å². The fourth-order valence-corrected chi connectivity index (χ4v) is 4.18. The van der Waals surface area contributed by atoms with Gasteiger partial charge in [-0.1, -0.05) is 17.4 Å². The van der Waals surface area contributed by atoms with E-state index in [0.29, 0.717) is 16.8 Å². The van der Waals surface area contributed by atoms with Gasteiger partial charge in [-0.25, -0.2) is 9.78 Å². The predicted octanol–water partition coefficient (Wildman–Crippen LogP) is 3.85. The zero-order valence-electron chi connectivity index (χ0n) is 12.1. The van der Waals surface area contributed by atoms with Crippen molar-refractivity contribution < 1.29 is 9.90 Å². The maximum Gasteiger partial charge on any atom is 0.347 e. The minimum absolute atomic E-state index is 0.295. The molecule has 1 aliphatic carbocycles. The summed E-state index contributed by atoms with van der Waals surface area (Å²) in [5.41, 5.74) is 0.790. The van der Waals surface area contributed by atoms with Gasteiger partial charge in [0.1, 0.15) is 4.88 Å². The molecule has 2 aromatic heterocycles. The summed E-state index contributed by atoms with van der Waals surface area (Å²) >= 11 is 3.06. The molecular weight excluding hydrogens is 304 g/mol. The molecular formula is C15H18N2O2S2. The number of hydrogen-bond acceptors (Lipinski definition) is 5. The molecule has 4 nitrogen and oxygen atoms in total. The Labute approximate surface area is 132 Å². The van der Waals surface area contributed by atoms with E-state index in [-0.39, 0.29) is 0 Å². The molecule has 2 heterocycles. The summed E-state index contributed by atoms with van der Waals surface area (Å²) in [5.74, 6) is -0.484. The highest BCUT2D eigenvalue weighted by Gasteiger charge is 2.33. The van der Waals surface area contributed by atoms with Gasteiger partial charge in [-0.05, 0) is 31.2 Å². The molecule has 0 spiro atoms. The second-order valence-corrected chi connectivity index (χ2v) is 7.54. The maximum absolute atomic E-state index is 11.4. The average Bonchev–Trinajstić information content (AvgIpc) is 3.00. The second-order valence-electron chi connectivity index (χ2n) is 5.53. The number of aromatic nitrogens is 1. The Balaban J connectivity index is 1.79. The van der Waals surface area contributed by atoms with E-state index >= 15 is 0 Å². The first-order chi connectivity index (χ1) is 10.1.